The van der Waals surface area contributed by atoms with Crippen LogP contribution in [-0.2, 0) is 4.74 Å². The van der Waals surface area contributed by atoms with E-state index in [1.54, 1.807) is 0 Å². The maximum absolute atomic E-state index is 12.0. The van der Waals surface area contributed by atoms with Crippen molar-refractivity contribution in [3.05, 3.63) is 12.4 Å². The third-order valence-electron chi connectivity index (χ3n) is 6.61. The van der Waals surface area contributed by atoms with Gasteiger partial charge in [0, 0.05) is 18.6 Å². The molecule has 1 aromatic heterocycles. The number of anilines is 2. The summed E-state index contributed by atoms with van der Waals surface area (Å²) in [6.07, 6.45) is 8.67. The van der Waals surface area contributed by atoms with E-state index in [1.165, 1.54) is 12.8 Å². The molecule has 0 radical (unpaired) electrons. The minimum atomic E-state index is -0.466. The lowest BCUT2D eigenvalue weighted by molar-refractivity contribution is -0.0658. The predicted molar refractivity (Wildman–Crippen MR) is 114 cm³/mol. The van der Waals surface area contributed by atoms with Crippen LogP contribution in [0.1, 0.15) is 66.7 Å². The number of amides is 1. The first kappa shape index (κ1) is 20.2. The van der Waals surface area contributed by atoms with Crippen molar-refractivity contribution in [1.82, 2.24) is 15.3 Å². The highest BCUT2D eigenvalue weighted by atomic mass is 16.6. The first-order valence-electron chi connectivity index (χ1n) is 10.9. The van der Waals surface area contributed by atoms with Crippen LogP contribution in [0.4, 0.5) is 16.4 Å². The highest BCUT2D eigenvalue weighted by Gasteiger charge is 2.69. The Labute approximate surface area is 174 Å². The van der Waals surface area contributed by atoms with E-state index < -0.39 is 5.60 Å². The number of ether oxygens (including phenoxy) is 1. The number of hydrogen-bond donors (Lipinski definition) is 2. The summed E-state index contributed by atoms with van der Waals surface area (Å²) >= 11 is 0. The van der Waals surface area contributed by atoms with Gasteiger partial charge < -0.3 is 20.3 Å². The highest BCUT2D eigenvalue weighted by molar-refractivity contribution is 5.70. The van der Waals surface area contributed by atoms with Crippen LogP contribution in [0.2, 0.25) is 0 Å². The van der Waals surface area contributed by atoms with Crippen LogP contribution in [-0.4, -0.2) is 45.8 Å². The van der Waals surface area contributed by atoms with Crippen molar-refractivity contribution < 1.29 is 9.53 Å². The molecule has 1 saturated heterocycles. The molecule has 1 aliphatic heterocycles. The van der Waals surface area contributed by atoms with Crippen LogP contribution in [0, 0.1) is 11.8 Å². The Morgan fingerprint density at radius 2 is 1.72 bits per heavy atom. The molecule has 2 N–H and O–H groups in total. The van der Waals surface area contributed by atoms with Gasteiger partial charge in [-0.1, -0.05) is 13.8 Å². The van der Waals surface area contributed by atoms with Gasteiger partial charge in [0.1, 0.15) is 5.60 Å². The summed E-state index contributed by atoms with van der Waals surface area (Å²) in [5.74, 6) is 2.40. The van der Waals surface area contributed by atoms with Gasteiger partial charge in [-0.25, -0.2) is 14.8 Å². The maximum atomic E-state index is 12.0. The first-order valence-corrected chi connectivity index (χ1v) is 10.9. The Morgan fingerprint density at radius 3 is 2.24 bits per heavy atom. The second-order valence-electron chi connectivity index (χ2n) is 10.7. The summed E-state index contributed by atoms with van der Waals surface area (Å²) in [6.45, 7) is 12.4. The number of nitrogens with zero attached hydrogens (tertiary/aromatic N) is 3. The average Bonchev–Trinajstić information content (AvgIpc) is 2.58. The van der Waals surface area contributed by atoms with Gasteiger partial charge in [0.15, 0.2) is 0 Å². The molecule has 29 heavy (non-hydrogen) atoms. The summed E-state index contributed by atoms with van der Waals surface area (Å²) in [7, 11) is 0. The van der Waals surface area contributed by atoms with Crippen molar-refractivity contribution in [3.63, 3.8) is 0 Å². The topological polar surface area (TPSA) is 79.4 Å². The lowest BCUT2D eigenvalue weighted by atomic mass is 9.44. The van der Waals surface area contributed by atoms with Gasteiger partial charge in [-0.15, -0.1) is 0 Å². The van der Waals surface area contributed by atoms with Gasteiger partial charge >= 0.3 is 6.09 Å². The predicted octanol–water partition coefficient (Wildman–Crippen LogP) is 3.96. The van der Waals surface area contributed by atoms with Crippen LogP contribution in [0.3, 0.4) is 0 Å². The van der Waals surface area contributed by atoms with Crippen LogP contribution in [0.5, 0.6) is 0 Å². The lowest BCUT2D eigenvalue weighted by Crippen LogP contribution is -2.81. The standard InChI is InChI=1S/C22H35N5O2/c1-15(2)16-6-8-27(9-7-16)18-23-10-17(11-24-18)25-21-12-22(13-21,14-21)26-19(28)29-20(3,4)5/h10-11,15-16,25H,6-9,12-14H2,1-5H3,(H,26,28). The molecule has 0 unspecified atom stereocenters. The lowest BCUT2D eigenvalue weighted by Gasteiger charge is -2.70. The first-order chi connectivity index (χ1) is 13.6. The normalized spacial score (nSPS) is 29.1. The van der Waals surface area contributed by atoms with Gasteiger partial charge in [0.25, 0.3) is 0 Å². The smallest absolute Gasteiger partial charge is 0.408 e. The number of carbonyl (C=O) groups is 1. The quantitative estimate of drug-likeness (QED) is 0.777. The van der Waals surface area contributed by atoms with Crippen molar-refractivity contribution in [2.24, 2.45) is 11.8 Å². The Morgan fingerprint density at radius 1 is 1.14 bits per heavy atom. The molecule has 0 atom stereocenters. The molecule has 0 aromatic carbocycles. The minimum absolute atomic E-state index is 0.0650. The van der Waals surface area contributed by atoms with E-state index in [0.29, 0.717) is 0 Å². The molecule has 0 spiro atoms. The zero-order valence-corrected chi connectivity index (χ0v) is 18.4. The van der Waals surface area contributed by atoms with Gasteiger partial charge in [0.2, 0.25) is 5.95 Å². The van der Waals surface area contributed by atoms with E-state index in [2.05, 4.69) is 39.3 Å². The van der Waals surface area contributed by atoms with Crippen LogP contribution >= 0.6 is 0 Å². The van der Waals surface area contributed by atoms with Crippen LogP contribution in [0.25, 0.3) is 0 Å². The second-order valence-corrected chi connectivity index (χ2v) is 10.7. The summed E-state index contributed by atoms with van der Waals surface area (Å²) in [4.78, 5) is 23.5. The molecule has 4 aliphatic rings. The molecule has 2 bridgehead atoms. The Bertz CT molecular complexity index is 728. The van der Waals surface area contributed by atoms with E-state index in [4.69, 9.17) is 4.74 Å². The van der Waals surface area contributed by atoms with Crippen molar-refractivity contribution in [2.75, 3.05) is 23.3 Å². The Hall–Kier alpha value is -2.05. The number of alkyl carbamates (subject to hydrolysis) is 1. The third kappa shape index (κ3) is 4.28. The molecule has 4 fully saturated rings. The molecular weight excluding hydrogens is 366 g/mol. The second kappa shape index (κ2) is 7.03. The molecule has 160 valence electrons. The molecule has 7 nitrogen and oxygen atoms in total. The molecular formula is C22H35N5O2. The third-order valence-corrected chi connectivity index (χ3v) is 6.61. The fourth-order valence-electron chi connectivity index (χ4n) is 5.19. The monoisotopic (exact) mass is 401 g/mol. The Kier molecular flexibility index (Phi) is 4.90. The van der Waals surface area contributed by atoms with E-state index >= 15 is 0 Å². The zero-order chi connectivity index (χ0) is 20.9. The average molecular weight is 402 g/mol. The molecule has 3 aliphatic carbocycles. The fraction of sp³-hybridized carbons (Fsp3) is 0.773. The fourth-order valence-corrected chi connectivity index (χ4v) is 5.19. The molecule has 1 aromatic rings. The largest absolute Gasteiger partial charge is 0.444 e. The Balaban J connectivity index is 1.25. The van der Waals surface area contributed by atoms with Gasteiger partial charge in [-0.3, -0.25) is 0 Å². The van der Waals surface area contributed by atoms with E-state index in [1.807, 2.05) is 33.2 Å². The van der Waals surface area contributed by atoms with Crippen LogP contribution in [0.15, 0.2) is 12.4 Å². The zero-order valence-electron chi connectivity index (χ0n) is 18.4. The van der Waals surface area contributed by atoms with E-state index in [0.717, 1.165) is 55.8 Å². The van der Waals surface area contributed by atoms with Crippen LogP contribution < -0.4 is 15.5 Å². The van der Waals surface area contributed by atoms with Crippen molar-refractivity contribution in [1.29, 1.82) is 0 Å². The van der Waals surface area contributed by atoms with E-state index in [-0.39, 0.29) is 17.2 Å². The molecule has 1 amide bonds. The molecule has 3 saturated carbocycles. The van der Waals surface area contributed by atoms with Crippen molar-refractivity contribution in [3.8, 4) is 0 Å². The van der Waals surface area contributed by atoms with Gasteiger partial charge in [-0.2, -0.15) is 0 Å². The summed E-state index contributed by atoms with van der Waals surface area (Å²) in [6, 6.07) is 0. The number of hydrogen-bond acceptors (Lipinski definition) is 6. The molecule has 7 heteroatoms. The number of rotatable bonds is 5. The summed E-state index contributed by atoms with van der Waals surface area (Å²) in [5.41, 5.74) is 0.454. The van der Waals surface area contributed by atoms with Crippen molar-refractivity contribution in [2.45, 2.75) is 83.4 Å². The maximum Gasteiger partial charge on any atom is 0.408 e. The number of carbonyl (C=O) groups excluding carboxylic acids is 1. The SMILES string of the molecule is CC(C)C1CCN(c2ncc(NC34CC(NC(=O)OC(C)(C)C)(C3)C4)cn2)CC1. The number of aromatic nitrogens is 2. The van der Waals surface area contributed by atoms with Gasteiger partial charge in [0.05, 0.1) is 23.6 Å². The highest BCUT2D eigenvalue weighted by Crippen LogP contribution is 2.61. The molecule has 5 rings (SSSR count). The summed E-state index contributed by atoms with van der Waals surface area (Å²) in [5, 5.41) is 6.63. The minimum Gasteiger partial charge on any atom is -0.444 e. The summed E-state index contributed by atoms with van der Waals surface area (Å²) < 4.78 is 5.38. The van der Waals surface area contributed by atoms with E-state index in [9.17, 15) is 4.79 Å². The number of nitrogens with one attached hydrogen (secondary N) is 2. The van der Waals surface area contributed by atoms with Gasteiger partial charge in [-0.05, 0) is 64.7 Å². The molecule has 2 heterocycles. The number of piperidine rings is 1. The van der Waals surface area contributed by atoms with Crippen molar-refractivity contribution >= 4 is 17.7 Å².